The third kappa shape index (κ3) is 9.68. The van der Waals surface area contributed by atoms with Gasteiger partial charge in [-0.15, -0.1) is 24.8 Å². The van der Waals surface area contributed by atoms with Crippen LogP contribution in [-0.4, -0.2) is 6.88 Å². The standard InChI is InChI=1S/2C28H33.C3H7.CH3.2ClH.H2Si.Zr/c2*1-3-8-21(9-4-1)18-22-19-26-12-7-13-27(28(26)20-22)25-16-14-24(15-17-25)23-10-5-2-6-11-23;1-3-2;;;;;/h2*7,12-17,19-21,23H,1-6,8-11,18H2;1,3H2,2H3;1H3;2*1H;1H2;. The maximum atomic E-state index is 3.02. The molecule has 342 valence electrons. The Morgan fingerprint density at radius 2 is 0.828 bits per heavy atom. The largest absolute Gasteiger partial charge is 0.147 e. The Balaban J connectivity index is 0.00000280. The van der Waals surface area contributed by atoms with Crippen LogP contribution in [0.3, 0.4) is 0 Å². The summed E-state index contributed by atoms with van der Waals surface area (Å²) in [5.74, 6) is 3.18. The minimum atomic E-state index is -3.97. The van der Waals surface area contributed by atoms with Gasteiger partial charge in [0.2, 0.25) is 0 Å². The molecule has 4 aromatic carbocycles. The van der Waals surface area contributed by atoms with Gasteiger partial charge in [-0.05, 0) is 0 Å². The van der Waals surface area contributed by atoms with E-state index in [0.717, 1.165) is 23.7 Å². The van der Waals surface area contributed by atoms with Gasteiger partial charge in [0.25, 0.3) is 0 Å². The van der Waals surface area contributed by atoms with Gasteiger partial charge < -0.3 is 0 Å². The molecule has 4 saturated carbocycles. The van der Waals surface area contributed by atoms with Crippen LogP contribution in [0.2, 0.25) is 8.76 Å². The van der Waals surface area contributed by atoms with Crippen LogP contribution in [0.5, 0.6) is 0 Å². The monoisotopic (exact) mass is 988 g/mol. The van der Waals surface area contributed by atoms with Crippen molar-refractivity contribution in [2.24, 2.45) is 11.8 Å². The van der Waals surface area contributed by atoms with E-state index in [0.29, 0.717) is 7.25 Å². The Labute approximate surface area is 404 Å². The zero-order valence-corrected chi connectivity index (χ0v) is 45.2. The van der Waals surface area contributed by atoms with E-state index in [2.05, 4.69) is 116 Å². The van der Waals surface area contributed by atoms with Crippen LogP contribution < -0.4 is 0 Å². The van der Waals surface area contributed by atoms with Crippen molar-refractivity contribution in [2.75, 3.05) is 0 Å². The molecule has 6 aliphatic rings. The fraction of sp³-hybridized carbons (Fsp3) is 0.533. The molecule has 4 aromatic rings. The fourth-order valence-corrected chi connectivity index (χ4v) is 41.0. The second-order valence-electron chi connectivity index (χ2n) is 22.5. The molecule has 2 unspecified atom stereocenters. The Kier molecular flexibility index (Phi) is 16.0. The van der Waals surface area contributed by atoms with Crippen LogP contribution in [0.4, 0.5) is 0 Å². The molecule has 0 bridgehead atoms. The zero-order chi connectivity index (χ0) is 42.1. The van der Waals surface area contributed by atoms with E-state index < -0.39 is 17.4 Å². The van der Waals surface area contributed by atoms with Gasteiger partial charge in [-0.2, -0.15) is 0 Å². The molecule has 0 aromatic heterocycles. The van der Waals surface area contributed by atoms with E-state index in [1.165, 1.54) is 174 Å². The maximum Gasteiger partial charge on any atom is -0.147 e. The molecule has 4 heteroatoms. The van der Waals surface area contributed by atoms with Gasteiger partial charge in [0.05, 0.1) is 0 Å². The molecule has 0 nitrogen and oxygen atoms in total. The van der Waals surface area contributed by atoms with Gasteiger partial charge in [-0.3, -0.25) is 0 Å². The molecule has 10 rings (SSSR count). The van der Waals surface area contributed by atoms with Crippen molar-refractivity contribution < 1.29 is 17.4 Å². The molecule has 0 saturated heterocycles. The second kappa shape index (κ2) is 21.1. The summed E-state index contributed by atoms with van der Waals surface area (Å²) in [4.78, 5) is 0. The summed E-state index contributed by atoms with van der Waals surface area (Å²) < 4.78 is 5.64. The van der Waals surface area contributed by atoms with E-state index in [-0.39, 0.29) is 24.8 Å². The SMILES string of the molecule is CC[CH2][Zr]([CH3])(=[SiH2])([CH]1C(CC2CCCCC2)=Cc2c(-c3ccc(C4CCCCC4)cc3)cccc21)[CH]1C(CC2CCCCC2)=Cc2c(-c3ccc(C4CCCCC4)cc3)cccc21.Cl.Cl. The summed E-state index contributed by atoms with van der Waals surface area (Å²) in [5.41, 5.74) is 19.3. The van der Waals surface area contributed by atoms with Crippen molar-refractivity contribution in [2.45, 2.75) is 182 Å². The van der Waals surface area contributed by atoms with E-state index in [4.69, 9.17) is 0 Å². The van der Waals surface area contributed by atoms with E-state index >= 15 is 0 Å². The van der Waals surface area contributed by atoms with Crippen LogP contribution in [0.25, 0.3) is 34.4 Å². The number of fused-ring (bicyclic) bond motifs is 2. The van der Waals surface area contributed by atoms with Crippen molar-refractivity contribution >= 4 is 43.8 Å². The quantitative estimate of drug-likeness (QED) is 0.124. The molecular weight excluding hydrogens is 911 g/mol. The second-order valence-corrected chi connectivity index (χ2v) is 50.9. The van der Waals surface area contributed by atoms with Crippen molar-refractivity contribution in [1.29, 1.82) is 0 Å². The molecule has 6 aliphatic carbocycles. The van der Waals surface area contributed by atoms with Crippen LogP contribution in [0, 0.1) is 11.8 Å². The zero-order valence-electron chi connectivity index (χ0n) is 39.7. The number of hydrogen-bond donors (Lipinski definition) is 0. The number of rotatable bonds is 12. The van der Waals surface area contributed by atoms with Crippen molar-refractivity contribution in [3.05, 3.63) is 129 Å². The Morgan fingerprint density at radius 1 is 0.469 bits per heavy atom. The first-order valence-corrected chi connectivity index (χ1v) is 39.3. The van der Waals surface area contributed by atoms with Gasteiger partial charge in [-0.25, -0.2) is 0 Å². The number of hydrogen-bond acceptors (Lipinski definition) is 0. The van der Waals surface area contributed by atoms with Crippen LogP contribution >= 0.6 is 24.8 Å². The molecule has 0 heterocycles. The van der Waals surface area contributed by atoms with Crippen molar-refractivity contribution in [1.82, 2.24) is 0 Å². The Bertz CT molecular complexity index is 2170. The smallest absolute Gasteiger partial charge is 0.147 e. The third-order valence-corrected chi connectivity index (χ3v) is 41.6. The molecule has 4 fully saturated rings. The third-order valence-electron chi connectivity index (χ3n) is 18.1. The van der Waals surface area contributed by atoms with Crippen LogP contribution in [0.1, 0.15) is 207 Å². The summed E-state index contributed by atoms with van der Waals surface area (Å²) in [6.45, 7) is 5.21. The summed E-state index contributed by atoms with van der Waals surface area (Å²) in [7, 11) is 0. The van der Waals surface area contributed by atoms with Crippen LogP contribution in [-0.2, 0) is 17.4 Å². The van der Waals surface area contributed by atoms with Crippen molar-refractivity contribution in [3.63, 3.8) is 0 Å². The van der Waals surface area contributed by atoms with Gasteiger partial charge in [0, 0.05) is 0 Å². The number of benzene rings is 4. The molecule has 64 heavy (non-hydrogen) atoms. The molecule has 0 spiro atoms. The van der Waals surface area contributed by atoms with Crippen molar-refractivity contribution in [3.8, 4) is 22.3 Å². The summed E-state index contributed by atoms with van der Waals surface area (Å²) in [6, 6.07) is 35.2. The topological polar surface area (TPSA) is 0 Å². The predicted molar refractivity (Wildman–Crippen MR) is 283 cm³/mol. The van der Waals surface area contributed by atoms with Gasteiger partial charge in [-0.1, -0.05) is 0 Å². The first-order chi connectivity index (χ1) is 30.4. The molecule has 0 aliphatic heterocycles. The minimum Gasteiger partial charge on any atom is -0.147 e. The first-order valence-electron chi connectivity index (χ1n) is 26.3. The Hall–Kier alpha value is -1.96. The van der Waals surface area contributed by atoms with E-state index in [1.807, 2.05) is 11.1 Å². The first kappa shape index (κ1) is 48.5. The fourth-order valence-electron chi connectivity index (χ4n) is 15.2. The minimum absolute atomic E-state index is 0. The molecular formula is C60H80Cl2SiZr. The maximum absolute atomic E-state index is 3.97. The van der Waals surface area contributed by atoms with Gasteiger partial charge >= 0.3 is 382 Å². The average Bonchev–Trinajstić information content (AvgIpc) is 3.90. The number of halogens is 2. The van der Waals surface area contributed by atoms with Gasteiger partial charge in [0.15, 0.2) is 0 Å². The number of allylic oxidation sites excluding steroid dienone is 2. The molecule has 2 atom stereocenters. The summed E-state index contributed by atoms with van der Waals surface area (Å²) >= 11 is -3.97. The summed E-state index contributed by atoms with van der Waals surface area (Å²) in [6.07, 6.45) is 37.7. The van der Waals surface area contributed by atoms with E-state index in [1.54, 1.807) is 33.4 Å². The molecule has 0 radical (unpaired) electrons. The van der Waals surface area contributed by atoms with E-state index in [9.17, 15) is 0 Å². The van der Waals surface area contributed by atoms with Crippen LogP contribution in [0.15, 0.2) is 96.1 Å². The normalized spacial score (nSPS) is 22.5. The Morgan fingerprint density at radius 3 is 1.19 bits per heavy atom. The predicted octanol–water partition coefficient (Wildman–Crippen LogP) is 18.6. The summed E-state index contributed by atoms with van der Waals surface area (Å²) in [5, 5.41) is 0. The molecule has 0 amide bonds. The van der Waals surface area contributed by atoms with Gasteiger partial charge in [0.1, 0.15) is 0 Å². The average molecular weight is 992 g/mol. The molecule has 0 N–H and O–H groups in total.